The predicted molar refractivity (Wildman–Crippen MR) is 108 cm³/mol. The van der Waals surface area contributed by atoms with Gasteiger partial charge in [0.2, 0.25) is 5.95 Å². The van der Waals surface area contributed by atoms with Gasteiger partial charge >= 0.3 is 0 Å². The quantitative estimate of drug-likeness (QED) is 0.705. The molecule has 4 rings (SSSR count). The number of rotatable bonds is 5. The second-order valence-electron chi connectivity index (χ2n) is 6.69. The Balaban J connectivity index is 1.38. The molecule has 150 valence electrons. The van der Waals surface area contributed by atoms with Crippen molar-refractivity contribution in [2.75, 3.05) is 43.5 Å². The maximum Gasteiger partial charge on any atom is 0.272 e. The summed E-state index contributed by atoms with van der Waals surface area (Å²) >= 11 is 0. The molecule has 0 saturated carbocycles. The van der Waals surface area contributed by atoms with Crippen LogP contribution in [0.3, 0.4) is 0 Å². The SMILES string of the molecule is COc1ccc(N2CCN(C(=O)c3ccnc(Nc4cc(C)on4)n3)CC2)cc1. The smallest absolute Gasteiger partial charge is 0.272 e. The first-order chi connectivity index (χ1) is 14.1. The number of nitrogens with one attached hydrogen (secondary N) is 1. The van der Waals surface area contributed by atoms with Gasteiger partial charge in [0.25, 0.3) is 5.91 Å². The van der Waals surface area contributed by atoms with Gasteiger partial charge in [-0.1, -0.05) is 5.16 Å². The molecule has 3 aromatic rings. The molecular weight excluding hydrogens is 372 g/mol. The Hall–Kier alpha value is -3.62. The normalized spacial score (nSPS) is 14.0. The Morgan fingerprint density at radius 1 is 1.14 bits per heavy atom. The standard InChI is InChI=1S/C20H22N6O3/c1-14-13-18(24-29-14)23-20-21-8-7-17(22-20)19(27)26-11-9-25(10-12-26)15-3-5-16(28-2)6-4-15/h3-8,13H,9-12H2,1-2H3,(H,21,22,23,24). The van der Waals surface area contributed by atoms with E-state index in [0.29, 0.717) is 36.3 Å². The van der Waals surface area contributed by atoms with Crippen LogP contribution in [0.1, 0.15) is 16.2 Å². The van der Waals surface area contributed by atoms with Crippen LogP contribution in [0, 0.1) is 6.92 Å². The number of anilines is 3. The molecule has 0 bridgehead atoms. The van der Waals surface area contributed by atoms with Gasteiger partial charge in [-0.3, -0.25) is 4.79 Å². The minimum absolute atomic E-state index is 0.110. The van der Waals surface area contributed by atoms with Crippen molar-refractivity contribution in [1.82, 2.24) is 20.0 Å². The molecule has 0 radical (unpaired) electrons. The van der Waals surface area contributed by atoms with Crippen molar-refractivity contribution in [3.63, 3.8) is 0 Å². The molecule has 1 aliphatic heterocycles. The third-order valence-electron chi connectivity index (χ3n) is 4.75. The Bertz CT molecular complexity index is 980. The number of amides is 1. The maximum atomic E-state index is 12.9. The summed E-state index contributed by atoms with van der Waals surface area (Å²) in [5.74, 6) is 2.20. The Labute approximate surface area is 168 Å². The van der Waals surface area contributed by atoms with Gasteiger partial charge in [0.15, 0.2) is 5.82 Å². The molecular formula is C20H22N6O3. The number of ether oxygens (including phenoxy) is 1. The van der Waals surface area contributed by atoms with E-state index in [4.69, 9.17) is 9.26 Å². The van der Waals surface area contributed by atoms with Crippen LogP contribution in [0.4, 0.5) is 17.5 Å². The van der Waals surface area contributed by atoms with Crippen molar-refractivity contribution in [1.29, 1.82) is 0 Å². The molecule has 1 aromatic carbocycles. The summed E-state index contributed by atoms with van der Waals surface area (Å²) in [6.07, 6.45) is 1.56. The van der Waals surface area contributed by atoms with E-state index >= 15 is 0 Å². The molecule has 1 aliphatic rings. The van der Waals surface area contributed by atoms with Crippen LogP contribution in [-0.4, -0.2) is 59.2 Å². The van der Waals surface area contributed by atoms with E-state index in [9.17, 15) is 4.79 Å². The highest BCUT2D eigenvalue weighted by molar-refractivity contribution is 5.92. The number of hydrogen-bond donors (Lipinski definition) is 1. The molecule has 0 atom stereocenters. The number of methoxy groups -OCH3 is 1. The average Bonchev–Trinajstić information content (AvgIpc) is 3.18. The van der Waals surface area contributed by atoms with Crippen molar-refractivity contribution < 1.29 is 14.1 Å². The number of aromatic nitrogens is 3. The summed E-state index contributed by atoms with van der Waals surface area (Å²) in [6.45, 7) is 4.56. The van der Waals surface area contributed by atoms with E-state index in [2.05, 4.69) is 25.3 Å². The summed E-state index contributed by atoms with van der Waals surface area (Å²) < 4.78 is 10.2. The number of hydrogen-bond acceptors (Lipinski definition) is 8. The lowest BCUT2D eigenvalue weighted by molar-refractivity contribution is 0.0741. The number of carbonyl (C=O) groups excluding carboxylic acids is 1. The Morgan fingerprint density at radius 2 is 1.90 bits per heavy atom. The summed E-state index contributed by atoms with van der Waals surface area (Å²) in [6, 6.07) is 11.3. The Kier molecular flexibility index (Phi) is 5.28. The van der Waals surface area contributed by atoms with Crippen LogP contribution in [-0.2, 0) is 0 Å². The minimum Gasteiger partial charge on any atom is -0.497 e. The molecule has 1 saturated heterocycles. The van der Waals surface area contributed by atoms with Gasteiger partial charge in [0.05, 0.1) is 7.11 Å². The predicted octanol–water partition coefficient (Wildman–Crippen LogP) is 2.49. The minimum atomic E-state index is -0.110. The molecule has 0 spiro atoms. The van der Waals surface area contributed by atoms with Crippen molar-refractivity contribution in [2.24, 2.45) is 0 Å². The van der Waals surface area contributed by atoms with E-state index < -0.39 is 0 Å². The second kappa shape index (κ2) is 8.17. The van der Waals surface area contributed by atoms with Crippen molar-refractivity contribution in [3.8, 4) is 5.75 Å². The maximum absolute atomic E-state index is 12.9. The van der Waals surface area contributed by atoms with E-state index in [1.165, 1.54) is 0 Å². The summed E-state index contributed by atoms with van der Waals surface area (Å²) in [7, 11) is 1.65. The van der Waals surface area contributed by atoms with Crippen molar-refractivity contribution in [3.05, 3.63) is 54.0 Å². The molecule has 1 fully saturated rings. The van der Waals surface area contributed by atoms with Gasteiger partial charge in [0, 0.05) is 44.1 Å². The van der Waals surface area contributed by atoms with E-state index in [1.807, 2.05) is 29.2 Å². The molecule has 1 amide bonds. The van der Waals surface area contributed by atoms with Gasteiger partial charge < -0.3 is 24.4 Å². The van der Waals surface area contributed by atoms with Crippen LogP contribution in [0.5, 0.6) is 5.75 Å². The largest absolute Gasteiger partial charge is 0.497 e. The zero-order valence-electron chi connectivity index (χ0n) is 16.3. The first-order valence-corrected chi connectivity index (χ1v) is 9.34. The average molecular weight is 394 g/mol. The number of aryl methyl sites for hydroxylation is 1. The first-order valence-electron chi connectivity index (χ1n) is 9.34. The van der Waals surface area contributed by atoms with Gasteiger partial charge in [-0.15, -0.1) is 0 Å². The van der Waals surface area contributed by atoms with Crippen LogP contribution in [0.2, 0.25) is 0 Å². The fraction of sp³-hybridized carbons (Fsp3) is 0.300. The van der Waals surface area contributed by atoms with Crippen LogP contribution < -0.4 is 15.0 Å². The zero-order chi connectivity index (χ0) is 20.2. The monoisotopic (exact) mass is 394 g/mol. The highest BCUT2D eigenvalue weighted by Gasteiger charge is 2.23. The molecule has 1 N–H and O–H groups in total. The second-order valence-corrected chi connectivity index (χ2v) is 6.69. The van der Waals surface area contributed by atoms with Gasteiger partial charge in [-0.05, 0) is 37.3 Å². The molecule has 0 unspecified atom stereocenters. The highest BCUT2D eigenvalue weighted by atomic mass is 16.5. The summed E-state index contributed by atoms with van der Waals surface area (Å²) in [5, 5.41) is 6.79. The number of piperazine rings is 1. The zero-order valence-corrected chi connectivity index (χ0v) is 16.3. The summed E-state index contributed by atoms with van der Waals surface area (Å²) in [5.41, 5.74) is 1.47. The summed E-state index contributed by atoms with van der Waals surface area (Å²) in [4.78, 5) is 25.4. The van der Waals surface area contributed by atoms with E-state index in [1.54, 1.807) is 32.4 Å². The molecule has 9 heteroatoms. The lowest BCUT2D eigenvalue weighted by Gasteiger charge is -2.36. The number of benzene rings is 1. The van der Waals surface area contributed by atoms with Crippen molar-refractivity contribution in [2.45, 2.75) is 6.92 Å². The molecule has 29 heavy (non-hydrogen) atoms. The topological polar surface area (TPSA) is 96.6 Å². The van der Waals surface area contributed by atoms with Crippen LogP contribution >= 0.6 is 0 Å². The van der Waals surface area contributed by atoms with Crippen molar-refractivity contribution >= 4 is 23.4 Å². The molecule has 9 nitrogen and oxygen atoms in total. The lowest BCUT2D eigenvalue weighted by Crippen LogP contribution is -2.49. The first kappa shape index (κ1) is 18.7. The Morgan fingerprint density at radius 3 is 2.55 bits per heavy atom. The van der Waals surface area contributed by atoms with Gasteiger partial charge in [-0.25, -0.2) is 9.97 Å². The lowest BCUT2D eigenvalue weighted by atomic mass is 10.2. The molecule has 3 heterocycles. The molecule has 0 aliphatic carbocycles. The third-order valence-corrected chi connectivity index (χ3v) is 4.75. The number of carbonyl (C=O) groups is 1. The van der Waals surface area contributed by atoms with Gasteiger partial charge in [-0.2, -0.15) is 0 Å². The fourth-order valence-corrected chi connectivity index (χ4v) is 3.20. The van der Waals surface area contributed by atoms with Gasteiger partial charge in [0.1, 0.15) is 17.2 Å². The van der Waals surface area contributed by atoms with E-state index in [0.717, 1.165) is 24.5 Å². The van der Waals surface area contributed by atoms with E-state index in [-0.39, 0.29) is 5.91 Å². The van der Waals surface area contributed by atoms with Crippen LogP contribution in [0.25, 0.3) is 0 Å². The molecule has 2 aromatic heterocycles. The highest BCUT2D eigenvalue weighted by Crippen LogP contribution is 2.21. The number of nitrogens with zero attached hydrogens (tertiary/aromatic N) is 5. The van der Waals surface area contributed by atoms with Crippen LogP contribution in [0.15, 0.2) is 47.1 Å². The third kappa shape index (κ3) is 4.29. The fourth-order valence-electron chi connectivity index (χ4n) is 3.20.